The molecule has 0 bridgehead atoms. The molecule has 142 valence electrons. The first-order valence-corrected chi connectivity index (χ1v) is 9.00. The molecule has 2 heterocycles. The Bertz CT molecular complexity index is 991. The number of nitrogens with one attached hydrogen (secondary N) is 1. The van der Waals surface area contributed by atoms with E-state index in [1.54, 1.807) is 31.5 Å². The Morgan fingerprint density at radius 1 is 1.07 bits per heavy atom. The number of pyridine rings is 1. The van der Waals surface area contributed by atoms with Gasteiger partial charge in [-0.25, -0.2) is 0 Å². The molecular weight excluding hydrogens is 354 g/mol. The molecule has 6 heteroatoms. The number of hydrogen-bond acceptors (Lipinski definition) is 5. The number of methoxy groups -OCH3 is 1. The summed E-state index contributed by atoms with van der Waals surface area (Å²) in [7, 11) is 3.40. The van der Waals surface area contributed by atoms with Crippen LogP contribution >= 0.6 is 0 Å². The number of anilines is 1. The molecule has 1 amide bonds. The van der Waals surface area contributed by atoms with Crippen molar-refractivity contribution in [2.24, 2.45) is 0 Å². The molecule has 1 atom stereocenters. The monoisotopic (exact) mass is 375 g/mol. The van der Waals surface area contributed by atoms with Crippen LogP contribution in [0.4, 0.5) is 5.69 Å². The van der Waals surface area contributed by atoms with E-state index in [0.717, 1.165) is 16.8 Å². The minimum Gasteiger partial charge on any atom is -0.493 e. The number of fused-ring (bicyclic) bond motifs is 1. The van der Waals surface area contributed by atoms with Crippen molar-refractivity contribution >= 4 is 11.6 Å². The number of para-hydroxylation sites is 1. The first kappa shape index (κ1) is 17.9. The van der Waals surface area contributed by atoms with Crippen molar-refractivity contribution < 1.29 is 14.3 Å². The molecule has 0 radical (unpaired) electrons. The van der Waals surface area contributed by atoms with E-state index in [4.69, 9.17) is 9.47 Å². The summed E-state index contributed by atoms with van der Waals surface area (Å²) in [5.74, 6) is 1.25. The van der Waals surface area contributed by atoms with Crippen LogP contribution in [0.3, 0.4) is 0 Å². The van der Waals surface area contributed by atoms with Crippen molar-refractivity contribution in [2.75, 3.05) is 19.5 Å². The maximum atomic E-state index is 12.7. The lowest BCUT2D eigenvalue weighted by Crippen LogP contribution is -2.40. The number of carbonyl (C=O) groups is 1. The van der Waals surface area contributed by atoms with Gasteiger partial charge in [0.05, 0.1) is 12.7 Å². The number of nitrogens with zero attached hydrogens (tertiary/aromatic N) is 2. The lowest BCUT2D eigenvalue weighted by molar-refractivity contribution is 0.0735. The number of benzene rings is 2. The van der Waals surface area contributed by atoms with Crippen molar-refractivity contribution in [1.82, 2.24) is 9.88 Å². The topological polar surface area (TPSA) is 63.7 Å². The average molecular weight is 375 g/mol. The SMILES string of the molecule is COc1cc([C@@H]2Nc3ccccc3C(=O)N2C)ccc1OCc1ccncc1. The van der Waals surface area contributed by atoms with Gasteiger partial charge < -0.3 is 19.7 Å². The van der Waals surface area contributed by atoms with Gasteiger partial charge >= 0.3 is 0 Å². The molecule has 1 aliphatic rings. The van der Waals surface area contributed by atoms with Crippen molar-refractivity contribution in [1.29, 1.82) is 0 Å². The van der Waals surface area contributed by atoms with Gasteiger partial charge in [0, 0.05) is 25.1 Å². The van der Waals surface area contributed by atoms with Gasteiger partial charge in [-0.15, -0.1) is 0 Å². The standard InChI is InChI=1S/C22H21N3O3/c1-25-21(24-18-6-4-3-5-17(18)22(25)26)16-7-8-19(20(13-16)27-2)28-14-15-9-11-23-12-10-15/h3-13,21,24H,14H2,1-2H3/t21-/m1/s1. The predicted octanol–water partition coefficient (Wildman–Crippen LogP) is 3.87. The van der Waals surface area contributed by atoms with Crippen molar-refractivity contribution in [2.45, 2.75) is 12.8 Å². The summed E-state index contributed by atoms with van der Waals surface area (Å²) in [5, 5.41) is 3.42. The zero-order chi connectivity index (χ0) is 19.5. The third-order valence-corrected chi connectivity index (χ3v) is 4.80. The summed E-state index contributed by atoms with van der Waals surface area (Å²) in [6, 6.07) is 17.1. The zero-order valence-corrected chi connectivity index (χ0v) is 15.8. The first-order valence-electron chi connectivity index (χ1n) is 9.00. The molecule has 6 nitrogen and oxygen atoms in total. The van der Waals surface area contributed by atoms with Gasteiger partial charge in [0.1, 0.15) is 12.8 Å². The molecule has 0 saturated carbocycles. The fourth-order valence-electron chi connectivity index (χ4n) is 3.27. The number of hydrogen-bond donors (Lipinski definition) is 1. The van der Waals surface area contributed by atoms with Crippen LogP contribution in [0.2, 0.25) is 0 Å². The fourth-order valence-corrected chi connectivity index (χ4v) is 3.27. The first-order chi connectivity index (χ1) is 13.7. The highest BCUT2D eigenvalue weighted by Crippen LogP contribution is 2.36. The van der Waals surface area contributed by atoms with E-state index in [1.807, 2.05) is 54.6 Å². The second kappa shape index (κ2) is 7.60. The molecule has 28 heavy (non-hydrogen) atoms. The van der Waals surface area contributed by atoms with E-state index < -0.39 is 0 Å². The second-order valence-corrected chi connectivity index (χ2v) is 6.56. The molecule has 4 rings (SSSR count). The minimum atomic E-state index is -0.287. The third-order valence-electron chi connectivity index (χ3n) is 4.80. The second-order valence-electron chi connectivity index (χ2n) is 6.56. The van der Waals surface area contributed by atoms with Crippen LogP contribution in [0, 0.1) is 0 Å². The number of carbonyl (C=O) groups excluding carboxylic acids is 1. The molecule has 1 aliphatic heterocycles. The average Bonchev–Trinajstić information content (AvgIpc) is 2.75. The van der Waals surface area contributed by atoms with Crippen LogP contribution in [-0.2, 0) is 6.61 Å². The molecule has 1 N–H and O–H groups in total. The highest BCUT2D eigenvalue weighted by molar-refractivity contribution is 6.01. The summed E-state index contributed by atoms with van der Waals surface area (Å²) in [4.78, 5) is 18.4. The van der Waals surface area contributed by atoms with Crippen LogP contribution in [0.15, 0.2) is 67.0 Å². The van der Waals surface area contributed by atoms with Gasteiger partial charge in [0.2, 0.25) is 0 Å². The lowest BCUT2D eigenvalue weighted by Gasteiger charge is -2.35. The third kappa shape index (κ3) is 3.36. The van der Waals surface area contributed by atoms with E-state index in [2.05, 4.69) is 10.3 Å². The lowest BCUT2D eigenvalue weighted by atomic mass is 10.0. The van der Waals surface area contributed by atoms with Crippen molar-refractivity contribution in [3.63, 3.8) is 0 Å². The van der Waals surface area contributed by atoms with Gasteiger partial charge in [0.25, 0.3) is 5.91 Å². The van der Waals surface area contributed by atoms with E-state index in [-0.39, 0.29) is 12.1 Å². The van der Waals surface area contributed by atoms with Crippen LogP contribution in [-0.4, -0.2) is 29.9 Å². The normalized spacial score (nSPS) is 15.6. The van der Waals surface area contributed by atoms with E-state index in [9.17, 15) is 4.79 Å². The molecule has 0 unspecified atom stereocenters. The Balaban J connectivity index is 1.58. The quantitative estimate of drug-likeness (QED) is 0.734. The summed E-state index contributed by atoms with van der Waals surface area (Å²) < 4.78 is 11.4. The summed E-state index contributed by atoms with van der Waals surface area (Å²) in [5.41, 5.74) is 3.44. The van der Waals surface area contributed by atoms with Gasteiger partial charge in [-0.3, -0.25) is 9.78 Å². The molecule has 0 spiro atoms. The molecule has 0 aliphatic carbocycles. The van der Waals surface area contributed by atoms with Crippen molar-refractivity contribution in [3.05, 3.63) is 83.7 Å². The van der Waals surface area contributed by atoms with E-state index >= 15 is 0 Å². The van der Waals surface area contributed by atoms with Crippen LogP contribution < -0.4 is 14.8 Å². The molecule has 1 aromatic heterocycles. The van der Waals surface area contributed by atoms with Crippen molar-refractivity contribution in [3.8, 4) is 11.5 Å². The van der Waals surface area contributed by atoms with Gasteiger partial charge in [-0.2, -0.15) is 0 Å². The Morgan fingerprint density at radius 3 is 2.64 bits per heavy atom. The highest BCUT2D eigenvalue weighted by Gasteiger charge is 2.30. The molecule has 0 saturated heterocycles. The van der Waals surface area contributed by atoms with Gasteiger partial charge in [0.15, 0.2) is 11.5 Å². The van der Waals surface area contributed by atoms with Crippen LogP contribution in [0.5, 0.6) is 11.5 Å². The van der Waals surface area contributed by atoms with Gasteiger partial charge in [-0.05, 0) is 47.5 Å². The van der Waals surface area contributed by atoms with E-state index in [1.165, 1.54) is 0 Å². The Kier molecular flexibility index (Phi) is 4.85. The largest absolute Gasteiger partial charge is 0.493 e. The Hall–Kier alpha value is -3.54. The number of ether oxygens (including phenoxy) is 2. The fraction of sp³-hybridized carbons (Fsp3) is 0.182. The summed E-state index contributed by atoms with van der Waals surface area (Å²) in [6.07, 6.45) is 3.18. The summed E-state index contributed by atoms with van der Waals surface area (Å²) >= 11 is 0. The number of amides is 1. The molecule has 0 fully saturated rings. The highest BCUT2D eigenvalue weighted by atomic mass is 16.5. The maximum absolute atomic E-state index is 12.7. The zero-order valence-electron chi connectivity index (χ0n) is 15.8. The molecule has 2 aromatic carbocycles. The Labute approximate surface area is 163 Å². The predicted molar refractivity (Wildman–Crippen MR) is 106 cm³/mol. The van der Waals surface area contributed by atoms with Crippen LogP contribution in [0.25, 0.3) is 0 Å². The maximum Gasteiger partial charge on any atom is 0.257 e. The van der Waals surface area contributed by atoms with Crippen LogP contribution in [0.1, 0.15) is 27.7 Å². The molecule has 3 aromatic rings. The smallest absolute Gasteiger partial charge is 0.257 e. The van der Waals surface area contributed by atoms with Gasteiger partial charge in [-0.1, -0.05) is 18.2 Å². The Morgan fingerprint density at radius 2 is 1.86 bits per heavy atom. The van der Waals surface area contributed by atoms with E-state index in [0.29, 0.717) is 23.7 Å². The molecular formula is C22H21N3O3. The minimum absolute atomic E-state index is 0.0173. The number of aromatic nitrogens is 1. The number of rotatable bonds is 5. The summed E-state index contributed by atoms with van der Waals surface area (Å²) in [6.45, 7) is 0.422.